The van der Waals surface area contributed by atoms with E-state index >= 15 is 0 Å². The van der Waals surface area contributed by atoms with Crippen molar-refractivity contribution in [1.29, 1.82) is 0 Å². The first kappa shape index (κ1) is 25.8. The number of nitrogens with two attached hydrogens (primary N) is 1. The number of nitrogen functional groups attached to an aromatic ring is 1. The van der Waals surface area contributed by atoms with E-state index in [0.29, 0.717) is 35.9 Å². The number of piperidine rings is 1. The Morgan fingerprint density at radius 2 is 1.74 bits per heavy atom. The SMILES string of the molecule is CC1CN(C2(C)CCN(C(=O)c3c(N)cccc3Cl)CC2)CCN1Cc1ccc(C(F)(F)F)cc1. The van der Waals surface area contributed by atoms with Crippen molar-refractivity contribution in [2.45, 2.75) is 51.0 Å². The molecule has 35 heavy (non-hydrogen) atoms. The number of anilines is 1. The zero-order valence-electron chi connectivity index (χ0n) is 20.1. The summed E-state index contributed by atoms with van der Waals surface area (Å²) in [6.07, 6.45) is -2.60. The predicted molar refractivity (Wildman–Crippen MR) is 132 cm³/mol. The largest absolute Gasteiger partial charge is 0.416 e. The van der Waals surface area contributed by atoms with Gasteiger partial charge in [-0.1, -0.05) is 29.8 Å². The van der Waals surface area contributed by atoms with Crippen molar-refractivity contribution in [1.82, 2.24) is 14.7 Å². The van der Waals surface area contributed by atoms with Crippen LogP contribution in [0.25, 0.3) is 0 Å². The van der Waals surface area contributed by atoms with Crippen LogP contribution in [-0.2, 0) is 12.7 Å². The highest BCUT2D eigenvalue weighted by atomic mass is 35.5. The molecule has 190 valence electrons. The molecule has 9 heteroatoms. The molecule has 2 aromatic rings. The summed E-state index contributed by atoms with van der Waals surface area (Å²) in [6, 6.07) is 10.8. The summed E-state index contributed by atoms with van der Waals surface area (Å²) in [6.45, 7) is 8.94. The van der Waals surface area contributed by atoms with Crippen LogP contribution >= 0.6 is 11.6 Å². The molecular weight excluding hydrogens is 477 g/mol. The maximum Gasteiger partial charge on any atom is 0.416 e. The lowest BCUT2D eigenvalue weighted by Gasteiger charge is -2.51. The molecule has 1 amide bonds. The van der Waals surface area contributed by atoms with E-state index in [9.17, 15) is 18.0 Å². The molecule has 0 radical (unpaired) electrons. The second kappa shape index (κ2) is 9.99. The van der Waals surface area contributed by atoms with E-state index in [4.69, 9.17) is 17.3 Å². The van der Waals surface area contributed by atoms with Crippen LogP contribution in [-0.4, -0.2) is 64.9 Å². The van der Waals surface area contributed by atoms with E-state index in [-0.39, 0.29) is 17.5 Å². The van der Waals surface area contributed by atoms with Gasteiger partial charge in [-0.15, -0.1) is 0 Å². The van der Waals surface area contributed by atoms with Crippen molar-refractivity contribution in [2.75, 3.05) is 38.5 Å². The molecule has 2 N–H and O–H groups in total. The fourth-order valence-electron chi connectivity index (χ4n) is 5.19. The summed E-state index contributed by atoms with van der Waals surface area (Å²) in [4.78, 5) is 19.7. The van der Waals surface area contributed by atoms with Crippen molar-refractivity contribution < 1.29 is 18.0 Å². The van der Waals surface area contributed by atoms with Crippen LogP contribution in [0.15, 0.2) is 42.5 Å². The molecule has 2 fully saturated rings. The van der Waals surface area contributed by atoms with Crippen LogP contribution in [0.5, 0.6) is 0 Å². The average Bonchev–Trinajstić information content (AvgIpc) is 2.80. The summed E-state index contributed by atoms with van der Waals surface area (Å²) >= 11 is 6.25. The van der Waals surface area contributed by atoms with Crippen molar-refractivity contribution in [3.05, 3.63) is 64.2 Å². The van der Waals surface area contributed by atoms with Crippen LogP contribution in [0.1, 0.15) is 48.2 Å². The molecule has 2 saturated heterocycles. The molecule has 2 aliphatic heterocycles. The van der Waals surface area contributed by atoms with Gasteiger partial charge in [-0.05, 0) is 56.5 Å². The first-order valence-corrected chi connectivity index (χ1v) is 12.3. The van der Waals surface area contributed by atoms with Crippen molar-refractivity contribution in [2.24, 2.45) is 0 Å². The molecule has 4 rings (SSSR count). The zero-order chi connectivity index (χ0) is 25.4. The molecule has 0 spiro atoms. The van der Waals surface area contributed by atoms with Gasteiger partial charge in [0.15, 0.2) is 0 Å². The zero-order valence-corrected chi connectivity index (χ0v) is 20.9. The molecule has 2 heterocycles. The number of hydrogen-bond donors (Lipinski definition) is 1. The van der Waals surface area contributed by atoms with Gasteiger partial charge in [-0.3, -0.25) is 14.6 Å². The van der Waals surface area contributed by atoms with Gasteiger partial charge in [0.25, 0.3) is 5.91 Å². The number of amides is 1. The molecule has 2 aromatic carbocycles. The third-order valence-electron chi connectivity index (χ3n) is 7.58. The summed E-state index contributed by atoms with van der Waals surface area (Å²) in [5.74, 6) is -0.120. The number of alkyl halides is 3. The number of likely N-dealkylation sites (tertiary alicyclic amines) is 1. The average molecular weight is 509 g/mol. The maximum atomic E-state index is 13.1. The molecule has 0 aliphatic carbocycles. The molecule has 0 bridgehead atoms. The van der Waals surface area contributed by atoms with Crippen molar-refractivity contribution >= 4 is 23.2 Å². The van der Waals surface area contributed by atoms with E-state index in [1.54, 1.807) is 30.3 Å². The highest BCUT2D eigenvalue weighted by molar-refractivity contribution is 6.34. The minimum Gasteiger partial charge on any atom is -0.398 e. The summed E-state index contributed by atoms with van der Waals surface area (Å²) in [5.41, 5.74) is 7.04. The molecule has 1 unspecified atom stereocenters. The van der Waals surface area contributed by atoms with Gasteiger partial charge in [0, 0.05) is 56.5 Å². The number of piperazine rings is 1. The standard InChI is InChI=1S/C26H32ClF3N4O/c1-18-16-34(15-14-33(18)17-19-6-8-20(9-7-19)26(28,29)30)25(2)10-12-32(13-11-25)24(35)23-21(27)4-3-5-22(23)31/h3-9,18H,10-17,31H2,1-2H3. The Labute approximate surface area is 209 Å². The minimum atomic E-state index is -4.31. The van der Waals surface area contributed by atoms with Crippen LogP contribution in [0, 0.1) is 0 Å². The summed E-state index contributed by atoms with van der Waals surface area (Å²) < 4.78 is 38.5. The molecule has 2 aliphatic rings. The number of benzene rings is 2. The Bertz CT molecular complexity index is 1030. The molecule has 0 aromatic heterocycles. The third kappa shape index (κ3) is 5.60. The smallest absolute Gasteiger partial charge is 0.398 e. The molecule has 0 saturated carbocycles. The normalized spacial score (nSPS) is 21.8. The monoisotopic (exact) mass is 508 g/mol. The number of halogens is 4. The topological polar surface area (TPSA) is 52.8 Å². The lowest BCUT2D eigenvalue weighted by atomic mass is 9.86. The Kier molecular flexibility index (Phi) is 7.36. The Morgan fingerprint density at radius 3 is 2.31 bits per heavy atom. The van der Waals surface area contributed by atoms with Gasteiger partial charge < -0.3 is 10.6 Å². The Balaban J connectivity index is 1.33. The van der Waals surface area contributed by atoms with Crippen LogP contribution in [0.2, 0.25) is 5.02 Å². The highest BCUT2D eigenvalue weighted by Crippen LogP contribution is 2.33. The lowest BCUT2D eigenvalue weighted by Crippen LogP contribution is -2.61. The Hall–Kier alpha value is -2.29. The van der Waals surface area contributed by atoms with Crippen LogP contribution in [0.4, 0.5) is 18.9 Å². The number of carbonyl (C=O) groups excluding carboxylic acids is 1. The summed E-state index contributed by atoms with van der Waals surface area (Å²) in [5, 5.41) is 0.376. The van der Waals surface area contributed by atoms with E-state index in [1.165, 1.54) is 0 Å². The van der Waals surface area contributed by atoms with E-state index < -0.39 is 11.7 Å². The van der Waals surface area contributed by atoms with Gasteiger partial charge in [0.2, 0.25) is 0 Å². The van der Waals surface area contributed by atoms with Gasteiger partial charge in [0.05, 0.1) is 16.1 Å². The fraction of sp³-hybridized carbons (Fsp3) is 0.500. The first-order valence-electron chi connectivity index (χ1n) is 12.0. The first-order chi connectivity index (χ1) is 16.5. The minimum absolute atomic E-state index is 0.0164. The van der Waals surface area contributed by atoms with E-state index in [1.807, 2.05) is 4.90 Å². The van der Waals surface area contributed by atoms with Gasteiger partial charge in [-0.25, -0.2) is 0 Å². The van der Waals surface area contributed by atoms with Gasteiger partial charge in [0.1, 0.15) is 0 Å². The fourth-order valence-corrected chi connectivity index (χ4v) is 5.45. The number of hydrogen-bond acceptors (Lipinski definition) is 4. The third-order valence-corrected chi connectivity index (χ3v) is 7.90. The Morgan fingerprint density at radius 1 is 1.09 bits per heavy atom. The van der Waals surface area contributed by atoms with Crippen molar-refractivity contribution in [3.8, 4) is 0 Å². The van der Waals surface area contributed by atoms with E-state index in [2.05, 4.69) is 23.6 Å². The quantitative estimate of drug-likeness (QED) is 0.581. The molecular formula is C26H32ClF3N4O. The molecule has 5 nitrogen and oxygen atoms in total. The van der Waals surface area contributed by atoms with Gasteiger partial charge >= 0.3 is 6.18 Å². The number of nitrogens with zero attached hydrogens (tertiary/aromatic N) is 3. The summed E-state index contributed by atoms with van der Waals surface area (Å²) in [7, 11) is 0. The second-order valence-electron chi connectivity index (χ2n) is 9.95. The highest BCUT2D eigenvalue weighted by Gasteiger charge is 2.40. The van der Waals surface area contributed by atoms with Crippen LogP contribution < -0.4 is 5.73 Å². The predicted octanol–water partition coefficient (Wildman–Crippen LogP) is 5.14. The maximum absolute atomic E-state index is 13.1. The number of carbonyl (C=O) groups is 1. The van der Waals surface area contributed by atoms with Crippen molar-refractivity contribution in [3.63, 3.8) is 0 Å². The lowest BCUT2D eigenvalue weighted by molar-refractivity contribution is -0.137. The van der Waals surface area contributed by atoms with Crippen LogP contribution in [0.3, 0.4) is 0 Å². The molecule has 1 atom stereocenters. The second-order valence-corrected chi connectivity index (χ2v) is 10.4. The van der Waals surface area contributed by atoms with Gasteiger partial charge in [-0.2, -0.15) is 13.2 Å². The van der Waals surface area contributed by atoms with E-state index in [0.717, 1.165) is 50.2 Å². The number of rotatable bonds is 4.